The highest BCUT2D eigenvalue weighted by Crippen LogP contribution is 2.40. The maximum Gasteiger partial charge on any atom is 0.257 e. The average Bonchev–Trinajstić information content (AvgIpc) is 2.79. The molecule has 1 amide bonds. The Morgan fingerprint density at radius 3 is 2.73 bits per heavy atom. The summed E-state index contributed by atoms with van der Waals surface area (Å²) in [6.07, 6.45) is 5.42. The number of fused-ring (bicyclic) bond motifs is 4. The lowest BCUT2D eigenvalue weighted by Gasteiger charge is -2.43. The van der Waals surface area contributed by atoms with Gasteiger partial charge in [-0.3, -0.25) is 9.59 Å². The number of aromatic nitrogens is 3. The number of piperidine rings is 1. The molecule has 1 fully saturated rings. The van der Waals surface area contributed by atoms with E-state index in [0.29, 0.717) is 30.8 Å². The minimum atomic E-state index is -0.0787. The number of rotatable bonds is 2. The van der Waals surface area contributed by atoms with Gasteiger partial charge in [-0.15, -0.1) is 0 Å². The average molecular weight is 397 g/mol. The fourth-order valence-electron chi connectivity index (χ4n) is 4.77. The number of benzene rings is 1. The van der Waals surface area contributed by atoms with Crippen LogP contribution in [0.25, 0.3) is 11.1 Å². The summed E-state index contributed by atoms with van der Waals surface area (Å²) in [5.41, 5.74) is 3.86. The molecular weight excluding hydrogens is 378 g/mol. The van der Waals surface area contributed by atoms with Gasteiger partial charge in [-0.1, -0.05) is 12.1 Å². The maximum absolute atomic E-state index is 13.0. The molecule has 30 heavy (non-hydrogen) atoms. The molecule has 148 valence electrons. The van der Waals surface area contributed by atoms with Crippen LogP contribution in [0, 0.1) is 17.2 Å². The highest BCUT2D eigenvalue weighted by molar-refractivity contribution is 5.93. The predicted octanol–water partition coefficient (Wildman–Crippen LogP) is 2.44. The standard InChI is InChI=1S/C23H19N5O2/c24-8-15-2-1-3-17(6-15)20-4-5-21(29)28-12-16-7-18(22(20)28)13-27(11-16)23(30)19-9-25-14-26-10-19/h1-6,9-10,14,16,18H,7,11-13H2/t16-,18+/m0/s1. The molecule has 2 bridgehead atoms. The van der Waals surface area contributed by atoms with Gasteiger partial charge in [0.1, 0.15) is 6.33 Å². The van der Waals surface area contributed by atoms with Crippen molar-refractivity contribution in [2.75, 3.05) is 13.1 Å². The first-order valence-corrected chi connectivity index (χ1v) is 9.92. The van der Waals surface area contributed by atoms with E-state index in [9.17, 15) is 14.9 Å². The lowest BCUT2D eigenvalue weighted by atomic mass is 9.80. The molecule has 4 heterocycles. The van der Waals surface area contributed by atoms with E-state index in [1.807, 2.05) is 33.7 Å². The highest BCUT2D eigenvalue weighted by Gasteiger charge is 2.38. The fraction of sp³-hybridized carbons (Fsp3) is 0.261. The Bertz CT molecular complexity index is 1230. The van der Waals surface area contributed by atoms with Crippen LogP contribution in [0.2, 0.25) is 0 Å². The molecule has 2 aliphatic rings. The molecule has 0 radical (unpaired) electrons. The Morgan fingerprint density at radius 1 is 1.10 bits per heavy atom. The zero-order valence-electron chi connectivity index (χ0n) is 16.2. The summed E-state index contributed by atoms with van der Waals surface area (Å²) in [6.45, 7) is 1.74. The van der Waals surface area contributed by atoms with Crippen LogP contribution in [-0.2, 0) is 6.54 Å². The van der Waals surface area contributed by atoms with Crippen LogP contribution in [0.1, 0.15) is 34.0 Å². The van der Waals surface area contributed by atoms with E-state index in [1.54, 1.807) is 12.1 Å². The van der Waals surface area contributed by atoms with Gasteiger partial charge in [-0.05, 0) is 36.1 Å². The number of amides is 1. The Labute approximate surface area is 173 Å². The molecule has 7 heteroatoms. The van der Waals surface area contributed by atoms with Gasteiger partial charge < -0.3 is 9.47 Å². The number of pyridine rings is 1. The largest absolute Gasteiger partial charge is 0.338 e. The fourth-order valence-corrected chi connectivity index (χ4v) is 4.77. The van der Waals surface area contributed by atoms with Crippen LogP contribution in [-0.4, -0.2) is 38.4 Å². The van der Waals surface area contributed by atoms with Crippen LogP contribution in [0.4, 0.5) is 0 Å². The number of likely N-dealkylation sites (tertiary alicyclic amines) is 1. The Balaban J connectivity index is 1.56. The molecule has 0 unspecified atom stereocenters. The summed E-state index contributed by atoms with van der Waals surface area (Å²) in [7, 11) is 0. The zero-order chi connectivity index (χ0) is 20.7. The van der Waals surface area contributed by atoms with Crippen LogP contribution in [0.3, 0.4) is 0 Å². The van der Waals surface area contributed by atoms with Crippen molar-refractivity contribution in [2.45, 2.75) is 18.9 Å². The molecule has 0 aliphatic carbocycles. The number of carbonyl (C=O) groups excluding carboxylic acids is 1. The number of nitriles is 1. The molecule has 0 spiro atoms. The monoisotopic (exact) mass is 397 g/mol. The molecule has 7 nitrogen and oxygen atoms in total. The van der Waals surface area contributed by atoms with Gasteiger partial charge in [0.15, 0.2) is 0 Å². The summed E-state index contributed by atoms with van der Waals surface area (Å²) in [5, 5.41) is 9.28. The molecule has 3 aromatic rings. The third kappa shape index (κ3) is 3.07. The van der Waals surface area contributed by atoms with Crippen LogP contribution >= 0.6 is 0 Å². The predicted molar refractivity (Wildman–Crippen MR) is 110 cm³/mol. The van der Waals surface area contributed by atoms with E-state index < -0.39 is 0 Å². The van der Waals surface area contributed by atoms with Crippen molar-refractivity contribution in [1.29, 1.82) is 5.26 Å². The minimum absolute atomic E-state index is 0.0175. The highest BCUT2D eigenvalue weighted by atomic mass is 16.2. The van der Waals surface area contributed by atoms with Crippen LogP contribution in [0.15, 0.2) is 59.9 Å². The molecule has 1 saturated heterocycles. The van der Waals surface area contributed by atoms with Crippen molar-refractivity contribution in [3.05, 3.63) is 82.3 Å². The van der Waals surface area contributed by atoms with Crippen molar-refractivity contribution in [2.24, 2.45) is 5.92 Å². The van der Waals surface area contributed by atoms with Gasteiger partial charge in [0.25, 0.3) is 11.5 Å². The SMILES string of the molecule is N#Cc1cccc(-c2ccc(=O)n3c2[C@@H]2C[C@@H](CN(C(=O)c4cncnc4)C2)C3)c1. The quantitative estimate of drug-likeness (QED) is 0.662. The second-order valence-corrected chi connectivity index (χ2v) is 7.91. The second-order valence-electron chi connectivity index (χ2n) is 7.91. The smallest absolute Gasteiger partial charge is 0.257 e. The van der Waals surface area contributed by atoms with Crippen molar-refractivity contribution in [3.63, 3.8) is 0 Å². The van der Waals surface area contributed by atoms with E-state index in [0.717, 1.165) is 23.2 Å². The molecule has 1 aromatic carbocycles. The first-order chi connectivity index (χ1) is 14.6. The number of carbonyl (C=O) groups is 1. The summed E-state index contributed by atoms with van der Waals surface area (Å²) < 4.78 is 1.86. The van der Waals surface area contributed by atoms with Gasteiger partial charge in [0.2, 0.25) is 0 Å². The summed E-state index contributed by atoms with van der Waals surface area (Å²) >= 11 is 0. The van der Waals surface area contributed by atoms with Gasteiger partial charge in [-0.25, -0.2) is 9.97 Å². The number of hydrogen-bond acceptors (Lipinski definition) is 5. The van der Waals surface area contributed by atoms with E-state index in [4.69, 9.17) is 0 Å². The molecule has 2 aliphatic heterocycles. The Kier molecular flexibility index (Phi) is 4.40. The molecule has 0 saturated carbocycles. The van der Waals surface area contributed by atoms with E-state index in [1.165, 1.54) is 18.7 Å². The van der Waals surface area contributed by atoms with Crippen LogP contribution < -0.4 is 5.56 Å². The topological polar surface area (TPSA) is 91.9 Å². The number of nitrogens with zero attached hydrogens (tertiary/aromatic N) is 5. The Hall–Kier alpha value is -3.79. The molecular formula is C23H19N5O2. The third-order valence-corrected chi connectivity index (χ3v) is 5.99. The zero-order valence-corrected chi connectivity index (χ0v) is 16.2. The Morgan fingerprint density at radius 2 is 1.93 bits per heavy atom. The lowest BCUT2D eigenvalue weighted by molar-refractivity contribution is 0.0594. The van der Waals surface area contributed by atoms with E-state index in [2.05, 4.69) is 16.0 Å². The second kappa shape index (κ2) is 7.23. The number of hydrogen-bond donors (Lipinski definition) is 0. The lowest BCUT2D eigenvalue weighted by Crippen LogP contribution is -2.49. The third-order valence-electron chi connectivity index (χ3n) is 5.99. The molecule has 5 rings (SSSR count). The molecule has 2 atom stereocenters. The normalized spacial score (nSPS) is 19.6. The maximum atomic E-state index is 13.0. The minimum Gasteiger partial charge on any atom is -0.338 e. The molecule has 2 aromatic heterocycles. The summed E-state index contributed by atoms with van der Waals surface area (Å²) in [5.74, 6) is 0.203. The van der Waals surface area contributed by atoms with Gasteiger partial charge >= 0.3 is 0 Å². The van der Waals surface area contributed by atoms with Crippen molar-refractivity contribution < 1.29 is 4.79 Å². The van der Waals surface area contributed by atoms with Gasteiger partial charge in [-0.2, -0.15) is 5.26 Å². The van der Waals surface area contributed by atoms with Gasteiger partial charge in [0.05, 0.1) is 17.2 Å². The van der Waals surface area contributed by atoms with E-state index >= 15 is 0 Å². The molecule has 0 N–H and O–H groups in total. The van der Waals surface area contributed by atoms with Crippen LogP contribution in [0.5, 0.6) is 0 Å². The van der Waals surface area contributed by atoms with Crippen molar-refractivity contribution in [1.82, 2.24) is 19.4 Å². The van der Waals surface area contributed by atoms with Crippen molar-refractivity contribution in [3.8, 4) is 17.2 Å². The first kappa shape index (κ1) is 18.3. The van der Waals surface area contributed by atoms with Gasteiger partial charge in [0, 0.05) is 55.3 Å². The van der Waals surface area contributed by atoms with Crippen molar-refractivity contribution >= 4 is 5.91 Å². The summed E-state index contributed by atoms with van der Waals surface area (Å²) in [4.78, 5) is 35.4. The summed E-state index contributed by atoms with van der Waals surface area (Å²) in [6, 6.07) is 13.1. The first-order valence-electron chi connectivity index (χ1n) is 9.92. The van der Waals surface area contributed by atoms with E-state index in [-0.39, 0.29) is 23.3 Å².